The monoisotopic (exact) mass is 385 g/mol. The largest absolute Gasteiger partial charge is 0.394 e. The number of ether oxygens (including phenoxy) is 2. The number of nitrogens with one attached hydrogen (secondary N) is 2. The molecule has 9 heteroatoms. The van der Waals surface area contributed by atoms with E-state index in [4.69, 9.17) is 21.1 Å². The summed E-state index contributed by atoms with van der Waals surface area (Å²) in [6.07, 6.45) is -1.91. The molecule has 0 saturated carbocycles. The molecule has 1 aromatic rings. The van der Waals surface area contributed by atoms with Gasteiger partial charge in [-0.05, 0) is 18.2 Å². The second-order valence-corrected chi connectivity index (χ2v) is 6.81. The van der Waals surface area contributed by atoms with Gasteiger partial charge in [-0.1, -0.05) is 17.7 Å². The predicted molar refractivity (Wildman–Crippen MR) is 96.4 cm³/mol. The summed E-state index contributed by atoms with van der Waals surface area (Å²) in [4.78, 5) is 14.2. The minimum atomic E-state index is -0.819. The van der Waals surface area contributed by atoms with Crippen molar-refractivity contribution in [1.29, 1.82) is 0 Å². The number of aliphatic hydroxyl groups excluding tert-OH is 2. The number of rotatable bonds is 5. The number of amides is 2. The van der Waals surface area contributed by atoms with Gasteiger partial charge in [-0.25, -0.2) is 4.79 Å². The van der Waals surface area contributed by atoms with Crippen LogP contribution >= 0.6 is 11.6 Å². The minimum absolute atomic E-state index is 0.210. The lowest BCUT2D eigenvalue weighted by Gasteiger charge is -2.36. The molecule has 0 radical (unpaired) electrons. The average molecular weight is 386 g/mol. The first kappa shape index (κ1) is 19.3. The van der Waals surface area contributed by atoms with Crippen LogP contribution in [0, 0.1) is 0 Å². The Balaban J connectivity index is 1.58. The fourth-order valence-electron chi connectivity index (χ4n) is 3.41. The van der Waals surface area contributed by atoms with Gasteiger partial charge >= 0.3 is 6.03 Å². The van der Waals surface area contributed by atoms with Gasteiger partial charge in [0, 0.05) is 30.3 Å². The van der Waals surface area contributed by atoms with E-state index < -0.39 is 24.3 Å². The molecule has 0 spiro atoms. The average Bonchev–Trinajstić information content (AvgIpc) is 2.96. The number of halogens is 1. The molecule has 4 N–H and O–H groups in total. The molecule has 2 saturated heterocycles. The first-order chi connectivity index (χ1) is 12.6. The number of aliphatic hydroxyl groups is 2. The highest BCUT2D eigenvalue weighted by Gasteiger charge is 2.46. The number of carbonyl (C=O) groups excluding carboxylic acids is 1. The second-order valence-electron chi connectivity index (χ2n) is 6.37. The van der Waals surface area contributed by atoms with E-state index in [0.717, 1.165) is 0 Å². The number of morpholine rings is 1. The Morgan fingerprint density at radius 3 is 2.77 bits per heavy atom. The van der Waals surface area contributed by atoms with Gasteiger partial charge in [-0.3, -0.25) is 4.90 Å². The van der Waals surface area contributed by atoms with Crippen molar-refractivity contribution in [3.05, 3.63) is 29.3 Å². The van der Waals surface area contributed by atoms with Crippen LogP contribution in [0.4, 0.5) is 10.5 Å². The van der Waals surface area contributed by atoms with Crippen molar-refractivity contribution >= 4 is 23.3 Å². The molecule has 144 valence electrons. The van der Waals surface area contributed by atoms with E-state index in [0.29, 0.717) is 37.0 Å². The van der Waals surface area contributed by atoms with Crippen LogP contribution in [0.5, 0.6) is 0 Å². The SMILES string of the molecule is O=C(NC[C@@H]1O[C@@H](CO)[C@@H](O)[C@H]1N1CCOCC1)Nc1cccc(Cl)c1. The van der Waals surface area contributed by atoms with Gasteiger partial charge in [0.1, 0.15) is 12.2 Å². The molecule has 2 aliphatic heterocycles. The molecular weight excluding hydrogens is 362 g/mol. The van der Waals surface area contributed by atoms with Crippen molar-refractivity contribution in [3.8, 4) is 0 Å². The number of carbonyl (C=O) groups is 1. The van der Waals surface area contributed by atoms with Crippen LogP contribution in [0.15, 0.2) is 24.3 Å². The molecule has 2 aliphatic rings. The zero-order chi connectivity index (χ0) is 18.5. The molecule has 3 rings (SSSR count). The van der Waals surface area contributed by atoms with Gasteiger partial charge in [-0.15, -0.1) is 0 Å². The zero-order valence-electron chi connectivity index (χ0n) is 14.3. The lowest BCUT2D eigenvalue weighted by atomic mass is 10.0. The van der Waals surface area contributed by atoms with Crippen molar-refractivity contribution in [1.82, 2.24) is 10.2 Å². The Morgan fingerprint density at radius 2 is 2.08 bits per heavy atom. The molecule has 0 aromatic heterocycles. The second kappa shape index (κ2) is 8.98. The Kier molecular flexibility index (Phi) is 6.68. The maximum absolute atomic E-state index is 12.1. The highest BCUT2D eigenvalue weighted by atomic mass is 35.5. The highest BCUT2D eigenvalue weighted by Crippen LogP contribution is 2.26. The molecule has 2 heterocycles. The molecule has 0 bridgehead atoms. The standard InChI is InChI=1S/C17H24ClN3O5/c18-11-2-1-3-12(8-11)20-17(24)19-9-13-15(16(23)14(10-22)26-13)21-4-6-25-7-5-21/h1-3,8,13-16,22-23H,4-7,9-10H2,(H2,19,20,24)/t13-,14-,15-,16+/m0/s1. The summed E-state index contributed by atoms with van der Waals surface area (Å²) in [6, 6.07) is 6.16. The first-order valence-electron chi connectivity index (χ1n) is 8.65. The summed E-state index contributed by atoms with van der Waals surface area (Å²) in [5.41, 5.74) is 0.584. The summed E-state index contributed by atoms with van der Waals surface area (Å²) in [5.74, 6) is 0. The molecule has 2 fully saturated rings. The van der Waals surface area contributed by atoms with E-state index in [9.17, 15) is 15.0 Å². The van der Waals surface area contributed by atoms with Gasteiger partial charge in [0.05, 0.1) is 32.0 Å². The van der Waals surface area contributed by atoms with E-state index in [1.165, 1.54) is 0 Å². The fourth-order valence-corrected chi connectivity index (χ4v) is 3.60. The normalized spacial score (nSPS) is 29.5. The van der Waals surface area contributed by atoms with Crippen LogP contribution in [0.25, 0.3) is 0 Å². The summed E-state index contributed by atoms with van der Waals surface area (Å²) in [5, 5.41) is 25.9. The third kappa shape index (κ3) is 4.64. The first-order valence-corrected chi connectivity index (χ1v) is 9.03. The lowest BCUT2D eigenvalue weighted by molar-refractivity contribution is -0.0214. The van der Waals surface area contributed by atoms with Gasteiger partial charge in [0.2, 0.25) is 0 Å². The number of hydrogen-bond acceptors (Lipinski definition) is 6. The third-order valence-electron chi connectivity index (χ3n) is 4.65. The molecule has 26 heavy (non-hydrogen) atoms. The summed E-state index contributed by atoms with van der Waals surface area (Å²) in [7, 11) is 0. The summed E-state index contributed by atoms with van der Waals surface area (Å²) in [6.45, 7) is 2.46. The Bertz CT molecular complexity index is 614. The lowest BCUT2D eigenvalue weighted by Crippen LogP contribution is -2.54. The number of urea groups is 1. The number of benzene rings is 1. The smallest absolute Gasteiger partial charge is 0.319 e. The summed E-state index contributed by atoms with van der Waals surface area (Å²) < 4.78 is 11.1. The quantitative estimate of drug-likeness (QED) is 0.580. The third-order valence-corrected chi connectivity index (χ3v) is 4.89. The number of hydrogen-bond donors (Lipinski definition) is 4. The number of nitrogens with zero attached hydrogens (tertiary/aromatic N) is 1. The van der Waals surface area contributed by atoms with Crippen molar-refractivity contribution in [2.45, 2.75) is 24.4 Å². The molecule has 0 unspecified atom stereocenters. The molecule has 2 amide bonds. The Hall–Kier alpha value is -1.42. The number of anilines is 1. The van der Waals surface area contributed by atoms with Crippen LogP contribution < -0.4 is 10.6 Å². The Labute approximate surface area is 157 Å². The maximum Gasteiger partial charge on any atom is 0.319 e. The van der Waals surface area contributed by atoms with Crippen LogP contribution in [-0.2, 0) is 9.47 Å². The maximum atomic E-state index is 12.1. The van der Waals surface area contributed by atoms with Crippen LogP contribution in [0.1, 0.15) is 0 Å². The Morgan fingerprint density at radius 1 is 1.31 bits per heavy atom. The summed E-state index contributed by atoms with van der Waals surface area (Å²) >= 11 is 5.90. The molecule has 8 nitrogen and oxygen atoms in total. The van der Waals surface area contributed by atoms with Gasteiger partial charge in [-0.2, -0.15) is 0 Å². The fraction of sp³-hybridized carbons (Fsp3) is 0.588. The van der Waals surface area contributed by atoms with Crippen molar-refractivity contribution < 1.29 is 24.5 Å². The highest BCUT2D eigenvalue weighted by molar-refractivity contribution is 6.30. The molecule has 0 aliphatic carbocycles. The van der Waals surface area contributed by atoms with Crippen molar-refractivity contribution in [3.63, 3.8) is 0 Å². The van der Waals surface area contributed by atoms with Crippen LogP contribution in [0.2, 0.25) is 5.02 Å². The van der Waals surface area contributed by atoms with Crippen molar-refractivity contribution in [2.75, 3.05) is 44.8 Å². The topological polar surface area (TPSA) is 103 Å². The van der Waals surface area contributed by atoms with E-state index in [1.54, 1.807) is 24.3 Å². The van der Waals surface area contributed by atoms with Gasteiger partial charge in [0.15, 0.2) is 0 Å². The minimum Gasteiger partial charge on any atom is -0.394 e. The zero-order valence-corrected chi connectivity index (χ0v) is 15.1. The van der Waals surface area contributed by atoms with E-state index in [-0.39, 0.29) is 19.2 Å². The van der Waals surface area contributed by atoms with Gasteiger partial charge in [0.25, 0.3) is 0 Å². The predicted octanol–water partition coefficient (Wildman–Crippen LogP) is 0.283. The van der Waals surface area contributed by atoms with Gasteiger partial charge < -0.3 is 30.3 Å². The molecule has 4 atom stereocenters. The van der Waals surface area contributed by atoms with E-state index in [1.807, 2.05) is 0 Å². The van der Waals surface area contributed by atoms with Crippen LogP contribution in [-0.4, -0.2) is 85.0 Å². The van der Waals surface area contributed by atoms with E-state index in [2.05, 4.69) is 15.5 Å². The van der Waals surface area contributed by atoms with E-state index >= 15 is 0 Å². The van der Waals surface area contributed by atoms with Crippen LogP contribution in [0.3, 0.4) is 0 Å². The molecule has 1 aromatic carbocycles. The molecular formula is C17H24ClN3O5. The van der Waals surface area contributed by atoms with Crippen molar-refractivity contribution in [2.24, 2.45) is 0 Å².